The molecule has 0 radical (unpaired) electrons. The standard InChI is InChI=1S/C22H21ClF3N3O2S2/c1-14-19(20(30)28-32-2)27-21(33-14)29(11-10-15-6-8-17(23)9-7-15)13-16-4-3-5-18(12-16)31-22(24,25)26/h3-9,12H,10-11,13H2,1-2H3,(H,28,30). The van der Waals surface area contributed by atoms with Crippen LogP contribution >= 0.6 is 34.9 Å². The number of anilines is 1. The number of alkyl halides is 3. The zero-order valence-corrected chi connectivity index (χ0v) is 20.2. The maximum atomic E-state index is 12.6. The molecule has 1 heterocycles. The van der Waals surface area contributed by atoms with Crippen LogP contribution in [0.1, 0.15) is 26.5 Å². The minimum atomic E-state index is -4.77. The maximum Gasteiger partial charge on any atom is 0.573 e. The normalized spacial score (nSPS) is 11.3. The van der Waals surface area contributed by atoms with Crippen LogP contribution < -0.4 is 14.4 Å². The van der Waals surface area contributed by atoms with Crippen LogP contribution in [0.15, 0.2) is 48.5 Å². The first-order chi connectivity index (χ1) is 15.6. The third-order valence-electron chi connectivity index (χ3n) is 4.55. The van der Waals surface area contributed by atoms with Crippen LogP contribution in [0.3, 0.4) is 0 Å². The molecule has 3 rings (SSSR count). The van der Waals surface area contributed by atoms with E-state index in [9.17, 15) is 18.0 Å². The molecule has 5 nitrogen and oxygen atoms in total. The number of aryl methyl sites for hydroxylation is 1. The Balaban J connectivity index is 1.86. The van der Waals surface area contributed by atoms with Crippen molar-refractivity contribution in [3.05, 3.63) is 75.3 Å². The number of ether oxygens (including phenoxy) is 1. The summed E-state index contributed by atoms with van der Waals surface area (Å²) in [5.74, 6) is -0.575. The quantitative estimate of drug-likeness (QED) is 0.341. The van der Waals surface area contributed by atoms with Crippen molar-refractivity contribution in [1.29, 1.82) is 0 Å². The third kappa shape index (κ3) is 7.55. The Kier molecular flexibility index (Phi) is 8.50. The van der Waals surface area contributed by atoms with Crippen LogP contribution in [0.25, 0.3) is 0 Å². The van der Waals surface area contributed by atoms with E-state index in [0.29, 0.717) is 40.9 Å². The minimum absolute atomic E-state index is 0.284. The predicted octanol–water partition coefficient (Wildman–Crippen LogP) is 6.26. The van der Waals surface area contributed by atoms with E-state index in [2.05, 4.69) is 14.4 Å². The molecule has 176 valence electrons. The molecule has 0 saturated carbocycles. The summed E-state index contributed by atoms with van der Waals surface area (Å²) >= 11 is 8.51. The van der Waals surface area contributed by atoms with Gasteiger partial charge in [0.25, 0.3) is 5.91 Å². The molecular formula is C22H21ClF3N3O2S2. The van der Waals surface area contributed by atoms with Gasteiger partial charge in [-0.25, -0.2) is 4.98 Å². The highest BCUT2D eigenvalue weighted by atomic mass is 35.5. The highest BCUT2D eigenvalue weighted by Gasteiger charge is 2.31. The van der Waals surface area contributed by atoms with Gasteiger partial charge in [0.05, 0.1) is 0 Å². The van der Waals surface area contributed by atoms with E-state index in [4.69, 9.17) is 11.6 Å². The van der Waals surface area contributed by atoms with Gasteiger partial charge < -0.3 is 9.64 Å². The molecule has 1 N–H and O–H groups in total. The fraction of sp³-hybridized carbons (Fsp3) is 0.273. The Morgan fingerprint density at radius 2 is 1.94 bits per heavy atom. The van der Waals surface area contributed by atoms with Crippen molar-refractivity contribution >= 4 is 45.9 Å². The fourth-order valence-corrected chi connectivity index (χ4v) is 4.43. The first kappa shape index (κ1) is 25.2. The number of hydrogen-bond acceptors (Lipinski definition) is 6. The fourth-order valence-electron chi connectivity index (χ4n) is 3.09. The van der Waals surface area contributed by atoms with Gasteiger partial charge in [0.15, 0.2) is 5.13 Å². The Labute approximate surface area is 203 Å². The van der Waals surface area contributed by atoms with Gasteiger partial charge in [-0.15, -0.1) is 24.5 Å². The number of aromatic nitrogens is 1. The molecule has 0 spiro atoms. The average molecular weight is 516 g/mol. The molecule has 0 unspecified atom stereocenters. The topological polar surface area (TPSA) is 54.5 Å². The summed E-state index contributed by atoms with van der Waals surface area (Å²) in [6.45, 7) is 2.63. The number of amides is 1. The number of carbonyl (C=O) groups excluding carboxylic acids is 1. The number of thiazole rings is 1. The molecule has 0 bridgehead atoms. The summed E-state index contributed by atoms with van der Waals surface area (Å²) in [6.07, 6.45) is -2.37. The van der Waals surface area contributed by atoms with E-state index in [1.54, 1.807) is 24.5 Å². The number of nitrogens with zero attached hydrogens (tertiary/aromatic N) is 2. The lowest BCUT2D eigenvalue weighted by molar-refractivity contribution is -0.274. The first-order valence-corrected chi connectivity index (χ1v) is 12.2. The van der Waals surface area contributed by atoms with Crippen molar-refractivity contribution in [2.24, 2.45) is 0 Å². The van der Waals surface area contributed by atoms with Gasteiger partial charge in [0, 0.05) is 29.2 Å². The van der Waals surface area contributed by atoms with E-state index < -0.39 is 6.36 Å². The van der Waals surface area contributed by atoms with Crippen LogP contribution in [0, 0.1) is 6.92 Å². The zero-order valence-electron chi connectivity index (χ0n) is 17.8. The second kappa shape index (κ2) is 11.1. The molecule has 2 aromatic carbocycles. The lowest BCUT2D eigenvalue weighted by atomic mass is 10.1. The molecule has 0 saturated heterocycles. The van der Waals surface area contributed by atoms with Gasteiger partial charge in [-0.1, -0.05) is 47.8 Å². The van der Waals surface area contributed by atoms with Crippen molar-refractivity contribution in [2.75, 3.05) is 17.7 Å². The maximum absolute atomic E-state index is 12.6. The number of rotatable bonds is 9. The number of hydrogen-bond donors (Lipinski definition) is 1. The van der Waals surface area contributed by atoms with Crippen molar-refractivity contribution < 1.29 is 22.7 Å². The van der Waals surface area contributed by atoms with E-state index in [1.807, 2.05) is 24.0 Å². The molecular weight excluding hydrogens is 495 g/mol. The lowest BCUT2D eigenvalue weighted by Crippen LogP contribution is -2.26. The highest BCUT2D eigenvalue weighted by Crippen LogP contribution is 2.29. The second-order valence-electron chi connectivity index (χ2n) is 7.03. The molecule has 3 aromatic rings. The molecule has 0 aliphatic carbocycles. The van der Waals surface area contributed by atoms with Crippen molar-refractivity contribution in [1.82, 2.24) is 9.71 Å². The van der Waals surface area contributed by atoms with Gasteiger partial charge in [-0.2, -0.15) is 0 Å². The molecule has 0 aliphatic heterocycles. The minimum Gasteiger partial charge on any atom is -0.406 e. The van der Waals surface area contributed by atoms with Gasteiger partial charge in [0.2, 0.25) is 0 Å². The van der Waals surface area contributed by atoms with Crippen LogP contribution in [-0.2, 0) is 13.0 Å². The van der Waals surface area contributed by atoms with Gasteiger partial charge >= 0.3 is 6.36 Å². The molecule has 0 atom stereocenters. The van der Waals surface area contributed by atoms with Crippen LogP contribution in [0.4, 0.5) is 18.3 Å². The monoisotopic (exact) mass is 515 g/mol. The average Bonchev–Trinajstić information content (AvgIpc) is 3.13. The van der Waals surface area contributed by atoms with Gasteiger partial charge in [-0.3, -0.25) is 9.52 Å². The SMILES string of the molecule is CSNC(=O)c1nc(N(CCc2ccc(Cl)cc2)Cc2cccc(OC(F)(F)F)c2)sc1C. The Morgan fingerprint density at radius 3 is 2.61 bits per heavy atom. The smallest absolute Gasteiger partial charge is 0.406 e. The summed E-state index contributed by atoms with van der Waals surface area (Å²) in [5.41, 5.74) is 2.00. The third-order valence-corrected chi connectivity index (χ3v) is 6.23. The zero-order chi connectivity index (χ0) is 24.0. The summed E-state index contributed by atoms with van der Waals surface area (Å²) in [7, 11) is 0. The molecule has 1 amide bonds. The van der Waals surface area contributed by atoms with Crippen LogP contribution in [-0.4, -0.2) is 30.1 Å². The molecule has 11 heteroatoms. The van der Waals surface area contributed by atoms with Crippen molar-refractivity contribution in [2.45, 2.75) is 26.3 Å². The highest BCUT2D eigenvalue weighted by molar-refractivity contribution is 7.97. The number of nitrogens with one attached hydrogen (secondary N) is 1. The number of benzene rings is 2. The van der Waals surface area contributed by atoms with E-state index in [0.717, 1.165) is 10.4 Å². The van der Waals surface area contributed by atoms with E-state index in [1.165, 1.54) is 41.5 Å². The summed E-state index contributed by atoms with van der Waals surface area (Å²) in [5, 5.41) is 1.24. The van der Waals surface area contributed by atoms with Crippen LogP contribution in [0.5, 0.6) is 5.75 Å². The molecule has 33 heavy (non-hydrogen) atoms. The number of halogens is 4. The Morgan fingerprint density at radius 1 is 1.21 bits per heavy atom. The van der Waals surface area contributed by atoms with Gasteiger partial charge in [0.1, 0.15) is 11.4 Å². The van der Waals surface area contributed by atoms with Gasteiger partial charge in [-0.05, 0) is 48.7 Å². The lowest BCUT2D eigenvalue weighted by Gasteiger charge is -2.22. The van der Waals surface area contributed by atoms with E-state index in [-0.39, 0.29) is 11.7 Å². The summed E-state index contributed by atoms with van der Waals surface area (Å²) in [4.78, 5) is 19.5. The van der Waals surface area contributed by atoms with E-state index >= 15 is 0 Å². The summed E-state index contributed by atoms with van der Waals surface area (Å²) in [6, 6.07) is 13.3. The molecule has 0 fully saturated rings. The first-order valence-electron chi connectivity index (χ1n) is 9.79. The largest absolute Gasteiger partial charge is 0.573 e. The molecule has 1 aromatic heterocycles. The summed E-state index contributed by atoms with van der Waals surface area (Å²) < 4.78 is 44.6. The Bertz CT molecular complexity index is 1090. The second-order valence-corrected chi connectivity index (χ2v) is 9.26. The van der Waals surface area contributed by atoms with Crippen molar-refractivity contribution in [3.63, 3.8) is 0 Å². The molecule has 0 aliphatic rings. The predicted molar refractivity (Wildman–Crippen MR) is 127 cm³/mol. The Hall–Kier alpha value is -2.43. The number of carbonyl (C=O) groups is 1. The van der Waals surface area contributed by atoms with Crippen LogP contribution in [0.2, 0.25) is 5.02 Å². The van der Waals surface area contributed by atoms with Crippen molar-refractivity contribution in [3.8, 4) is 5.75 Å².